The molecule has 0 aliphatic rings. The van der Waals surface area contributed by atoms with E-state index in [-0.39, 0.29) is 21.4 Å². The van der Waals surface area contributed by atoms with Crippen molar-refractivity contribution in [1.29, 1.82) is 0 Å². The van der Waals surface area contributed by atoms with E-state index < -0.39 is 0 Å². The van der Waals surface area contributed by atoms with Crippen molar-refractivity contribution in [3.05, 3.63) is 59.2 Å². The van der Waals surface area contributed by atoms with Gasteiger partial charge in [0.25, 0.3) is 0 Å². The molecule has 0 N–H and O–H groups in total. The number of pyridine rings is 2. The standard InChI is InChI=1S/C10H8N4O2/c15-13(9-5-1-3-7-11-9)14(16)10-6-2-4-8-12-10/h1-8H/b14-13+. The highest BCUT2D eigenvalue weighted by Gasteiger charge is 2.11. The van der Waals surface area contributed by atoms with Crippen LogP contribution in [0.25, 0.3) is 0 Å². The van der Waals surface area contributed by atoms with E-state index in [0.29, 0.717) is 0 Å². The van der Waals surface area contributed by atoms with Crippen molar-refractivity contribution in [3.8, 4) is 0 Å². The molecule has 2 aromatic rings. The van der Waals surface area contributed by atoms with Gasteiger partial charge in [-0.2, -0.15) is 0 Å². The Morgan fingerprint density at radius 2 is 1.19 bits per heavy atom. The molecule has 0 saturated heterocycles. The van der Waals surface area contributed by atoms with Crippen LogP contribution >= 0.6 is 0 Å². The Labute approximate surface area is 91.3 Å². The molecule has 0 atom stereocenters. The molecular weight excluding hydrogens is 208 g/mol. The van der Waals surface area contributed by atoms with E-state index in [0.717, 1.165) is 0 Å². The summed E-state index contributed by atoms with van der Waals surface area (Å²) >= 11 is 0. The summed E-state index contributed by atoms with van der Waals surface area (Å²) in [6.45, 7) is 0. The molecule has 0 aliphatic heterocycles. The SMILES string of the molecule is [O-]/[N+](c1ccccn1)=[N+](/[O-])c1ccccn1. The number of aromatic nitrogens is 2. The van der Waals surface area contributed by atoms with Gasteiger partial charge in [0.05, 0.1) is 0 Å². The summed E-state index contributed by atoms with van der Waals surface area (Å²) in [5, 5.41) is 23.1. The third kappa shape index (κ3) is 1.95. The van der Waals surface area contributed by atoms with Gasteiger partial charge in [-0.3, -0.25) is 0 Å². The fraction of sp³-hybridized carbons (Fsp3) is 0. The van der Waals surface area contributed by atoms with Gasteiger partial charge in [0, 0.05) is 12.1 Å². The third-order valence-corrected chi connectivity index (χ3v) is 1.86. The lowest BCUT2D eigenvalue weighted by Crippen LogP contribution is -2.10. The lowest BCUT2D eigenvalue weighted by atomic mass is 10.5. The van der Waals surface area contributed by atoms with Crippen molar-refractivity contribution < 1.29 is 9.72 Å². The largest absolute Gasteiger partial charge is 0.675 e. The van der Waals surface area contributed by atoms with Crippen molar-refractivity contribution in [2.75, 3.05) is 0 Å². The molecule has 0 spiro atoms. The molecule has 2 heterocycles. The second-order valence-corrected chi connectivity index (χ2v) is 2.92. The number of nitrogens with zero attached hydrogens (tertiary/aromatic N) is 4. The molecule has 6 heteroatoms. The monoisotopic (exact) mass is 216 g/mol. The first kappa shape index (κ1) is 10.0. The fourth-order valence-corrected chi connectivity index (χ4v) is 1.12. The molecule has 80 valence electrons. The molecule has 2 aromatic heterocycles. The van der Waals surface area contributed by atoms with E-state index >= 15 is 0 Å². The maximum absolute atomic E-state index is 11.6. The Hall–Kier alpha value is -2.50. The van der Waals surface area contributed by atoms with Gasteiger partial charge in [0.15, 0.2) is 0 Å². The molecule has 6 nitrogen and oxygen atoms in total. The molecule has 2 rings (SSSR count). The van der Waals surface area contributed by atoms with Crippen LogP contribution in [0.15, 0.2) is 48.8 Å². The highest BCUT2D eigenvalue weighted by Crippen LogP contribution is 2.10. The predicted octanol–water partition coefficient (Wildman–Crippen LogP) is 1.91. The number of azo groups is 1. The van der Waals surface area contributed by atoms with E-state index in [4.69, 9.17) is 0 Å². The zero-order valence-corrected chi connectivity index (χ0v) is 8.22. The van der Waals surface area contributed by atoms with Gasteiger partial charge in [0.2, 0.25) is 0 Å². The highest BCUT2D eigenvalue weighted by molar-refractivity contribution is 5.18. The minimum Gasteiger partial charge on any atom is -0.675 e. The summed E-state index contributed by atoms with van der Waals surface area (Å²) < 4.78 is 0. The second-order valence-electron chi connectivity index (χ2n) is 2.92. The lowest BCUT2D eigenvalue weighted by Gasteiger charge is -2.09. The maximum Gasteiger partial charge on any atom is 0.363 e. The van der Waals surface area contributed by atoms with Crippen molar-refractivity contribution >= 4 is 11.6 Å². The van der Waals surface area contributed by atoms with Gasteiger partial charge < -0.3 is 10.4 Å². The van der Waals surface area contributed by atoms with Crippen LogP contribution in [0.4, 0.5) is 11.6 Å². The smallest absolute Gasteiger partial charge is 0.363 e. The molecule has 0 aliphatic carbocycles. The summed E-state index contributed by atoms with van der Waals surface area (Å²) in [7, 11) is 0. The first-order chi connectivity index (χ1) is 7.79. The molecule has 0 saturated carbocycles. The van der Waals surface area contributed by atoms with Crippen LogP contribution in [0.1, 0.15) is 0 Å². The van der Waals surface area contributed by atoms with Crippen molar-refractivity contribution in [1.82, 2.24) is 9.97 Å². The average molecular weight is 216 g/mol. The molecule has 0 aromatic carbocycles. The molecule has 0 amide bonds. The Morgan fingerprint density at radius 1 is 0.750 bits per heavy atom. The minimum atomic E-state index is 0.0168. The van der Waals surface area contributed by atoms with Crippen LogP contribution in [0.2, 0.25) is 0 Å². The highest BCUT2D eigenvalue weighted by atomic mass is 16.6. The topological polar surface area (TPSA) is 77.9 Å². The normalized spacial score (nSPS) is 12.0. The summed E-state index contributed by atoms with van der Waals surface area (Å²) in [6.07, 6.45) is 2.87. The zero-order chi connectivity index (χ0) is 11.4. The van der Waals surface area contributed by atoms with Crippen LogP contribution in [0.3, 0.4) is 0 Å². The Kier molecular flexibility index (Phi) is 2.73. The maximum atomic E-state index is 11.6. The predicted molar refractivity (Wildman–Crippen MR) is 55.0 cm³/mol. The lowest BCUT2D eigenvalue weighted by molar-refractivity contribution is -0.899. The number of hydrogen-bond donors (Lipinski definition) is 0. The summed E-state index contributed by atoms with van der Waals surface area (Å²) in [5.74, 6) is 0.0336. The first-order valence-corrected chi connectivity index (χ1v) is 4.55. The Bertz CT molecular complexity index is 451. The minimum absolute atomic E-state index is 0.0168. The zero-order valence-electron chi connectivity index (χ0n) is 8.22. The quantitative estimate of drug-likeness (QED) is 0.436. The van der Waals surface area contributed by atoms with Gasteiger partial charge in [0.1, 0.15) is 12.4 Å². The van der Waals surface area contributed by atoms with Gasteiger partial charge in [-0.25, -0.2) is 0 Å². The Morgan fingerprint density at radius 3 is 1.50 bits per heavy atom. The van der Waals surface area contributed by atoms with Gasteiger partial charge in [-0.1, -0.05) is 21.9 Å². The molecule has 0 bridgehead atoms. The molecular formula is C10H8N4O2. The van der Waals surface area contributed by atoms with Crippen LogP contribution in [-0.2, 0) is 0 Å². The number of hydrogen-bond acceptors (Lipinski definition) is 4. The van der Waals surface area contributed by atoms with Crippen LogP contribution in [-0.4, -0.2) is 19.7 Å². The van der Waals surface area contributed by atoms with Gasteiger partial charge in [-0.15, -0.1) is 0 Å². The second kappa shape index (κ2) is 4.35. The summed E-state index contributed by atoms with van der Waals surface area (Å²) in [5.41, 5.74) is 0. The van der Waals surface area contributed by atoms with Crippen LogP contribution < -0.4 is 0 Å². The fourth-order valence-electron chi connectivity index (χ4n) is 1.12. The van der Waals surface area contributed by atoms with Gasteiger partial charge in [-0.05, 0) is 22.1 Å². The molecule has 0 fully saturated rings. The first-order valence-electron chi connectivity index (χ1n) is 4.55. The Balaban J connectivity index is 2.43. The van der Waals surface area contributed by atoms with Crippen molar-refractivity contribution in [2.45, 2.75) is 0 Å². The van der Waals surface area contributed by atoms with E-state index in [1.165, 1.54) is 24.5 Å². The van der Waals surface area contributed by atoms with E-state index in [1.807, 2.05) is 0 Å². The van der Waals surface area contributed by atoms with Crippen LogP contribution in [0, 0.1) is 10.4 Å². The molecule has 0 radical (unpaired) electrons. The average Bonchev–Trinajstić information content (AvgIpc) is 2.39. The molecule has 0 unspecified atom stereocenters. The van der Waals surface area contributed by atoms with Crippen LogP contribution in [0.5, 0.6) is 0 Å². The van der Waals surface area contributed by atoms with Crippen molar-refractivity contribution in [3.63, 3.8) is 0 Å². The molecule has 16 heavy (non-hydrogen) atoms. The summed E-state index contributed by atoms with van der Waals surface area (Å²) in [6, 6.07) is 9.46. The third-order valence-electron chi connectivity index (χ3n) is 1.86. The van der Waals surface area contributed by atoms with Gasteiger partial charge >= 0.3 is 11.6 Å². The van der Waals surface area contributed by atoms with E-state index in [1.54, 1.807) is 24.3 Å². The van der Waals surface area contributed by atoms with Crippen molar-refractivity contribution in [2.24, 2.45) is 0 Å². The summed E-state index contributed by atoms with van der Waals surface area (Å²) in [4.78, 5) is 7.82. The van der Waals surface area contributed by atoms with E-state index in [2.05, 4.69) is 9.97 Å². The number of rotatable bonds is 2. The van der Waals surface area contributed by atoms with E-state index in [9.17, 15) is 10.4 Å².